The highest BCUT2D eigenvalue weighted by Crippen LogP contribution is 2.48. The van der Waals surface area contributed by atoms with Crippen molar-refractivity contribution in [3.8, 4) is 0 Å². The topological polar surface area (TPSA) is 65.0 Å². The molecule has 92 valence electrons. The highest BCUT2D eigenvalue weighted by Gasteiger charge is 2.25. The van der Waals surface area contributed by atoms with Crippen LogP contribution in [0.4, 0.5) is 0 Å². The van der Waals surface area contributed by atoms with Crippen molar-refractivity contribution in [2.24, 2.45) is 0 Å². The summed E-state index contributed by atoms with van der Waals surface area (Å²) in [5.41, 5.74) is 0. The molecule has 0 aliphatic carbocycles. The van der Waals surface area contributed by atoms with Gasteiger partial charge in [-0.25, -0.2) is 4.57 Å². The van der Waals surface area contributed by atoms with Gasteiger partial charge in [0.2, 0.25) is 0 Å². The molecule has 0 spiro atoms. The second-order valence-corrected chi connectivity index (χ2v) is 4.95. The van der Waals surface area contributed by atoms with Crippen LogP contribution < -0.4 is 0 Å². The molecular weight excluding hydrogens is 219 g/mol. The fraction of sp³-hybridized carbons (Fsp3) is 1.00. The molecule has 0 aliphatic heterocycles. The number of hydrogen-bond donors (Lipinski definition) is 1. The summed E-state index contributed by atoms with van der Waals surface area (Å²) in [6, 6.07) is 0. The molecule has 0 saturated carbocycles. The molecule has 2 unspecified atom stereocenters. The maximum atomic E-state index is 11.7. The van der Waals surface area contributed by atoms with Crippen molar-refractivity contribution < 1.29 is 23.2 Å². The quantitative estimate of drug-likeness (QED) is 0.495. The van der Waals surface area contributed by atoms with Crippen molar-refractivity contribution in [2.75, 3.05) is 20.3 Å². The molecule has 5 nitrogen and oxygen atoms in total. The van der Waals surface area contributed by atoms with E-state index in [-0.39, 0.29) is 6.61 Å². The van der Waals surface area contributed by atoms with E-state index < -0.39 is 13.9 Å². The van der Waals surface area contributed by atoms with E-state index in [1.54, 1.807) is 0 Å². The smallest absolute Gasteiger partial charge is 0.391 e. The zero-order valence-corrected chi connectivity index (χ0v) is 10.5. The van der Waals surface area contributed by atoms with E-state index in [2.05, 4.69) is 4.52 Å². The number of phosphoric ester groups is 1. The molecule has 6 heteroatoms. The molecule has 0 amide bonds. The Bertz CT molecular complexity index is 197. The van der Waals surface area contributed by atoms with Gasteiger partial charge in [0.25, 0.3) is 0 Å². The third kappa shape index (κ3) is 7.03. The van der Waals surface area contributed by atoms with Crippen molar-refractivity contribution in [2.45, 2.75) is 39.2 Å². The first-order chi connectivity index (χ1) is 7.08. The van der Waals surface area contributed by atoms with Gasteiger partial charge >= 0.3 is 7.82 Å². The Morgan fingerprint density at radius 2 is 2.00 bits per heavy atom. The molecule has 0 aromatic rings. The van der Waals surface area contributed by atoms with Crippen LogP contribution >= 0.6 is 7.82 Å². The second-order valence-electron chi connectivity index (χ2n) is 3.17. The van der Waals surface area contributed by atoms with Crippen molar-refractivity contribution in [3.05, 3.63) is 0 Å². The van der Waals surface area contributed by atoms with Crippen molar-refractivity contribution in [1.29, 1.82) is 0 Å². The van der Waals surface area contributed by atoms with Gasteiger partial charge < -0.3 is 5.11 Å². The van der Waals surface area contributed by atoms with Crippen LogP contribution in [0.15, 0.2) is 0 Å². The lowest BCUT2D eigenvalue weighted by Gasteiger charge is -2.17. The van der Waals surface area contributed by atoms with Crippen LogP contribution in [0.2, 0.25) is 0 Å². The minimum absolute atomic E-state index is 0.0340. The van der Waals surface area contributed by atoms with Gasteiger partial charge in [0, 0.05) is 7.11 Å². The number of rotatable bonds is 9. The summed E-state index contributed by atoms with van der Waals surface area (Å²) in [7, 11) is -2.19. The van der Waals surface area contributed by atoms with Gasteiger partial charge in [-0.2, -0.15) is 0 Å². The van der Waals surface area contributed by atoms with Gasteiger partial charge in [-0.05, 0) is 12.8 Å². The van der Waals surface area contributed by atoms with Crippen LogP contribution in [0.5, 0.6) is 0 Å². The van der Waals surface area contributed by atoms with Gasteiger partial charge in [0.05, 0.1) is 19.3 Å². The molecule has 15 heavy (non-hydrogen) atoms. The molecule has 0 aliphatic rings. The Hall–Kier alpha value is 0.0700. The van der Waals surface area contributed by atoms with Gasteiger partial charge in [0.1, 0.15) is 0 Å². The SMILES string of the molecule is CCCCOP(=O)(OC)OCC(O)CC. The van der Waals surface area contributed by atoms with Crippen molar-refractivity contribution in [1.82, 2.24) is 0 Å². The summed E-state index contributed by atoms with van der Waals surface area (Å²) in [6.45, 7) is 4.12. The first-order valence-corrected chi connectivity index (χ1v) is 6.67. The molecule has 0 aromatic carbocycles. The lowest BCUT2D eigenvalue weighted by Crippen LogP contribution is -2.14. The zero-order valence-electron chi connectivity index (χ0n) is 9.64. The highest BCUT2D eigenvalue weighted by molar-refractivity contribution is 7.48. The Balaban J connectivity index is 3.90. The van der Waals surface area contributed by atoms with Crippen molar-refractivity contribution >= 4 is 7.82 Å². The van der Waals surface area contributed by atoms with E-state index in [4.69, 9.17) is 9.05 Å². The lowest BCUT2D eigenvalue weighted by molar-refractivity contribution is 0.0644. The Labute approximate surface area is 91.3 Å². The Kier molecular flexibility index (Phi) is 8.29. The standard InChI is InChI=1S/C9H21O5P/c1-4-6-7-13-15(11,12-3)14-8-9(10)5-2/h9-10H,4-8H2,1-3H3. The largest absolute Gasteiger partial charge is 0.474 e. The highest BCUT2D eigenvalue weighted by atomic mass is 31.2. The van der Waals surface area contributed by atoms with Gasteiger partial charge in [-0.3, -0.25) is 13.6 Å². The van der Waals surface area contributed by atoms with Crippen LogP contribution in [0.3, 0.4) is 0 Å². The summed E-state index contributed by atoms with van der Waals surface area (Å²) < 4.78 is 26.3. The van der Waals surface area contributed by atoms with Gasteiger partial charge in [-0.15, -0.1) is 0 Å². The van der Waals surface area contributed by atoms with E-state index in [0.29, 0.717) is 13.0 Å². The van der Waals surface area contributed by atoms with Crippen LogP contribution in [-0.2, 0) is 18.1 Å². The van der Waals surface area contributed by atoms with E-state index in [9.17, 15) is 9.67 Å². The van der Waals surface area contributed by atoms with Crippen LogP contribution in [-0.4, -0.2) is 31.5 Å². The third-order valence-corrected chi connectivity index (χ3v) is 3.28. The predicted molar refractivity (Wildman–Crippen MR) is 57.7 cm³/mol. The van der Waals surface area contributed by atoms with E-state index in [0.717, 1.165) is 12.8 Å². The minimum atomic E-state index is -3.46. The summed E-state index contributed by atoms with van der Waals surface area (Å²) in [4.78, 5) is 0. The average Bonchev–Trinajstić information content (AvgIpc) is 2.26. The monoisotopic (exact) mass is 240 g/mol. The molecule has 0 radical (unpaired) electrons. The van der Waals surface area contributed by atoms with Gasteiger partial charge in [-0.1, -0.05) is 20.3 Å². The molecule has 2 atom stereocenters. The molecule has 1 N–H and O–H groups in total. The molecule has 0 aromatic heterocycles. The Morgan fingerprint density at radius 1 is 1.33 bits per heavy atom. The van der Waals surface area contributed by atoms with E-state index in [1.165, 1.54) is 7.11 Å². The predicted octanol–water partition coefficient (Wildman–Crippen LogP) is 2.35. The summed E-state index contributed by atoms with van der Waals surface area (Å²) in [5.74, 6) is 0. The summed E-state index contributed by atoms with van der Waals surface area (Å²) in [5, 5.41) is 9.23. The number of unbranched alkanes of at least 4 members (excludes halogenated alkanes) is 1. The first-order valence-electron chi connectivity index (χ1n) is 5.20. The fourth-order valence-electron chi connectivity index (χ4n) is 0.759. The van der Waals surface area contributed by atoms with Crippen LogP contribution in [0.25, 0.3) is 0 Å². The number of aliphatic hydroxyl groups is 1. The fourth-order valence-corrected chi connectivity index (χ4v) is 1.75. The molecule has 0 bridgehead atoms. The van der Waals surface area contributed by atoms with Crippen molar-refractivity contribution in [3.63, 3.8) is 0 Å². The molecule has 0 fully saturated rings. The normalized spacial score (nSPS) is 17.3. The van der Waals surface area contributed by atoms with E-state index >= 15 is 0 Å². The van der Waals surface area contributed by atoms with Gasteiger partial charge in [0.15, 0.2) is 0 Å². The van der Waals surface area contributed by atoms with Crippen LogP contribution in [0, 0.1) is 0 Å². The van der Waals surface area contributed by atoms with Crippen LogP contribution in [0.1, 0.15) is 33.1 Å². The molecule has 0 heterocycles. The zero-order chi connectivity index (χ0) is 11.7. The average molecular weight is 240 g/mol. The van der Waals surface area contributed by atoms with E-state index in [1.807, 2.05) is 13.8 Å². The first kappa shape index (κ1) is 15.1. The molecular formula is C9H21O5P. The number of phosphoric acid groups is 1. The maximum Gasteiger partial charge on any atom is 0.474 e. The summed E-state index contributed by atoms with van der Waals surface area (Å²) in [6.07, 6.45) is 1.65. The third-order valence-electron chi connectivity index (χ3n) is 1.87. The second kappa shape index (κ2) is 8.25. The maximum absolute atomic E-state index is 11.7. The Morgan fingerprint density at radius 3 is 2.47 bits per heavy atom. The number of hydrogen-bond acceptors (Lipinski definition) is 5. The minimum Gasteiger partial charge on any atom is -0.391 e. The molecule has 0 saturated heterocycles. The number of aliphatic hydroxyl groups excluding tert-OH is 1. The lowest BCUT2D eigenvalue weighted by atomic mass is 10.3. The molecule has 0 rings (SSSR count). The summed E-state index contributed by atoms with van der Waals surface area (Å²) >= 11 is 0.